The Morgan fingerprint density at radius 3 is 2.47 bits per heavy atom. The first-order chi connectivity index (χ1) is 8.97. The van der Waals surface area contributed by atoms with Crippen LogP contribution in [-0.2, 0) is 0 Å². The summed E-state index contributed by atoms with van der Waals surface area (Å²) in [5.41, 5.74) is 0.393. The van der Waals surface area contributed by atoms with Gasteiger partial charge in [0.15, 0.2) is 0 Å². The van der Waals surface area contributed by atoms with Gasteiger partial charge in [-0.1, -0.05) is 6.07 Å². The molecule has 0 aliphatic rings. The Kier molecular flexibility index (Phi) is 3.90. The minimum Gasteiger partial charge on any atom is -0.424 e. The highest BCUT2D eigenvalue weighted by molar-refractivity contribution is 5.21. The van der Waals surface area contributed by atoms with Crippen LogP contribution in [0, 0.1) is 18.6 Å². The predicted molar refractivity (Wildman–Crippen MR) is 65.4 cm³/mol. The molecular formula is C13H15F2N3O. The molecule has 0 saturated carbocycles. The lowest BCUT2D eigenvalue weighted by Crippen LogP contribution is -2.23. The molecule has 1 N–H and O–H groups in total. The highest BCUT2D eigenvalue weighted by Crippen LogP contribution is 2.21. The zero-order valence-electron chi connectivity index (χ0n) is 10.9. The first-order valence-electron chi connectivity index (χ1n) is 5.98. The molecule has 2 atom stereocenters. The molecule has 0 unspecified atom stereocenters. The van der Waals surface area contributed by atoms with Gasteiger partial charge in [-0.05, 0) is 19.9 Å². The molecule has 0 fully saturated rings. The fourth-order valence-corrected chi connectivity index (χ4v) is 1.88. The highest BCUT2D eigenvalue weighted by Gasteiger charge is 2.18. The summed E-state index contributed by atoms with van der Waals surface area (Å²) >= 11 is 0. The van der Waals surface area contributed by atoms with Gasteiger partial charge < -0.3 is 4.42 Å². The van der Waals surface area contributed by atoms with Gasteiger partial charge in [-0.25, -0.2) is 8.78 Å². The summed E-state index contributed by atoms with van der Waals surface area (Å²) in [6.07, 6.45) is 0. The number of aromatic nitrogens is 2. The average molecular weight is 267 g/mol. The molecule has 19 heavy (non-hydrogen) atoms. The minimum atomic E-state index is -0.589. The van der Waals surface area contributed by atoms with Crippen LogP contribution in [-0.4, -0.2) is 10.2 Å². The molecule has 2 rings (SSSR count). The quantitative estimate of drug-likeness (QED) is 0.925. The molecule has 4 nitrogen and oxygen atoms in total. The molecule has 0 spiro atoms. The maximum atomic E-state index is 13.6. The number of hydrogen-bond donors (Lipinski definition) is 1. The Morgan fingerprint density at radius 1 is 1.16 bits per heavy atom. The summed E-state index contributed by atoms with van der Waals surface area (Å²) in [7, 11) is 0. The van der Waals surface area contributed by atoms with Crippen molar-refractivity contribution >= 4 is 0 Å². The van der Waals surface area contributed by atoms with Crippen LogP contribution in [0.1, 0.15) is 43.3 Å². The van der Waals surface area contributed by atoms with Gasteiger partial charge in [-0.15, -0.1) is 10.2 Å². The van der Waals surface area contributed by atoms with E-state index >= 15 is 0 Å². The molecular weight excluding hydrogens is 252 g/mol. The molecule has 6 heteroatoms. The number of nitrogens with zero attached hydrogens (tertiary/aromatic N) is 2. The van der Waals surface area contributed by atoms with Crippen molar-refractivity contribution in [2.24, 2.45) is 0 Å². The zero-order chi connectivity index (χ0) is 14.0. The molecule has 0 aliphatic carbocycles. The van der Waals surface area contributed by atoms with Gasteiger partial charge in [0.05, 0.1) is 6.04 Å². The molecule has 102 valence electrons. The van der Waals surface area contributed by atoms with E-state index in [-0.39, 0.29) is 12.1 Å². The number of benzene rings is 1. The number of rotatable bonds is 4. The van der Waals surface area contributed by atoms with E-state index in [0.717, 1.165) is 6.07 Å². The predicted octanol–water partition coefficient (Wildman–Crippen LogP) is 3.07. The van der Waals surface area contributed by atoms with E-state index in [1.54, 1.807) is 13.8 Å². The van der Waals surface area contributed by atoms with Crippen LogP contribution >= 0.6 is 0 Å². The van der Waals surface area contributed by atoms with E-state index in [4.69, 9.17) is 4.42 Å². The normalized spacial score (nSPS) is 14.4. The van der Waals surface area contributed by atoms with Gasteiger partial charge in [0.25, 0.3) is 0 Å². The van der Waals surface area contributed by atoms with E-state index in [0.29, 0.717) is 17.3 Å². The highest BCUT2D eigenvalue weighted by atomic mass is 19.1. The van der Waals surface area contributed by atoms with Crippen molar-refractivity contribution in [1.29, 1.82) is 0 Å². The van der Waals surface area contributed by atoms with Gasteiger partial charge in [-0.2, -0.15) is 0 Å². The first kappa shape index (κ1) is 13.6. The number of aryl methyl sites for hydroxylation is 1. The fraction of sp³-hybridized carbons (Fsp3) is 0.385. The van der Waals surface area contributed by atoms with Gasteiger partial charge in [-0.3, -0.25) is 5.32 Å². The second-order valence-electron chi connectivity index (χ2n) is 4.44. The summed E-state index contributed by atoms with van der Waals surface area (Å²) < 4.78 is 31.8. The van der Waals surface area contributed by atoms with Crippen LogP contribution in [0.25, 0.3) is 0 Å². The third-order valence-corrected chi connectivity index (χ3v) is 2.84. The Labute approximate surface area is 109 Å². The van der Waals surface area contributed by atoms with E-state index in [1.165, 1.54) is 12.1 Å². The molecule has 0 radical (unpaired) electrons. The monoisotopic (exact) mass is 267 g/mol. The lowest BCUT2D eigenvalue weighted by molar-refractivity contribution is 0.375. The van der Waals surface area contributed by atoms with Crippen molar-refractivity contribution in [3.8, 4) is 0 Å². The summed E-state index contributed by atoms with van der Waals surface area (Å²) in [6.45, 7) is 5.33. The second kappa shape index (κ2) is 5.44. The summed E-state index contributed by atoms with van der Waals surface area (Å²) in [5.74, 6) is -0.251. The van der Waals surface area contributed by atoms with Crippen molar-refractivity contribution < 1.29 is 13.2 Å². The molecule has 1 aromatic heterocycles. The third-order valence-electron chi connectivity index (χ3n) is 2.84. The molecule has 2 aromatic rings. The molecule has 0 amide bonds. The Bertz CT molecular complexity index is 571. The topological polar surface area (TPSA) is 51.0 Å². The van der Waals surface area contributed by atoms with Crippen LogP contribution in [0.15, 0.2) is 22.6 Å². The summed E-state index contributed by atoms with van der Waals surface area (Å²) in [5, 5.41) is 10.8. The standard InChI is InChI=1S/C13H15F2N3O/c1-7(11-5-4-10(14)6-12(11)15)16-8(2)13-18-17-9(3)19-13/h4-8,16H,1-3H3/t7-,8-/m0/s1. The number of hydrogen-bond acceptors (Lipinski definition) is 4. The van der Waals surface area contributed by atoms with Crippen LogP contribution in [0.3, 0.4) is 0 Å². The van der Waals surface area contributed by atoms with Crippen molar-refractivity contribution in [2.75, 3.05) is 0 Å². The summed E-state index contributed by atoms with van der Waals surface area (Å²) in [4.78, 5) is 0. The van der Waals surface area contributed by atoms with Crippen LogP contribution in [0.5, 0.6) is 0 Å². The SMILES string of the molecule is Cc1nnc([C@H](C)N[C@@H](C)c2ccc(F)cc2F)o1. The lowest BCUT2D eigenvalue weighted by atomic mass is 10.1. The van der Waals surface area contributed by atoms with E-state index in [2.05, 4.69) is 15.5 Å². The van der Waals surface area contributed by atoms with E-state index in [1.807, 2.05) is 6.92 Å². The number of halogens is 2. The van der Waals surface area contributed by atoms with Crippen molar-refractivity contribution in [3.05, 3.63) is 47.2 Å². The molecule has 0 aliphatic heterocycles. The Morgan fingerprint density at radius 2 is 1.89 bits per heavy atom. The largest absolute Gasteiger partial charge is 0.424 e. The molecule has 1 heterocycles. The first-order valence-corrected chi connectivity index (χ1v) is 5.98. The molecule has 1 aromatic carbocycles. The van der Waals surface area contributed by atoms with Gasteiger partial charge >= 0.3 is 0 Å². The van der Waals surface area contributed by atoms with Gasteiger partial charge in [0.1, 0.15) is 11.6 Å². The second-order valence-corrected chi connectivity index (χ2v) is 4.44. The Balaban J connectivity index is 2.10. The average Bonchev–Trinajstić information content (AvgIpc) is 2.75. The maximum Gasteiger partial charge on any atom is 0.233 e. The van der Waals surface area contributed by atoms with E-state index < -0.39 is 11.6 Å². The zero-order valence-corrected chi connectivity index (χ0v) is 10.9. The Hall–Kier alpha value is -1.82. The lowest BCUT2D eigenvalue weighted by Gasteiger charge is -2.18. The molecule has 0 bridgehead atoms. The van der Waals surface area contributed by atoms with Gasteiger partial charge in [0.2, 0.25) is 11.8 Å². The van der Waals surface area contributed by atoms with Crippen molar-refractivity contribution in [2.45, 2.75) is 32.9 Å². The minimum absolute atomic E-state index is 0.222. The van der Waals surface area contributed by atoms with Crippen LogP contribution in [0.2, 0.25) is 0 Å². The smallest absolute Gasteiger partial charge is 0.233 e. The fourth-order valence-electron chi connectivity index (χ4n) is 1.88. The third kappa shape index (κ3) is 3.14. The summed E-state index contributed by atoms with van der Waals surface area (Å²) in [6, 6.07) is 3.00. The van der Waals surface area contributed by atoms with Crippen molar-refractivity contribution in [3.63, 3.8) is 0 Å². The van der Waals surface area contributed by atoms with Crippen LogP contribution < -0.4 is 5.32 Å². The van der Waals surface area contributed by atoms with E-state index in [9.17, 15) is 8.78 Å². The number of nitrogens with one attached hydrogen (secondary N) is 1. The van der Waals surface area contributed by atoms with Crippen molar-refractivity contribution in [1.82, 2.24) is 15.5 Å². The van der Waals surface area contributed by atoms with Gasteiger partial charge in [0, 0.05) is 24.6 Å². The maximum absolute atomic E-state index is 13.6. The molecule has 0 saturated heterocycles. The van der Waals surface area contributed by atoms with Crippen LogP contribution in [0.4, 0.5) is 8.78 Å².